The highest BCUT2D eigenvalue weighted by Crippen LogP contribution is 2.52. The lowest BCUT2D eigenvalue weighted by molar-refractivity contribution is -0.120. The highest BCUT2D eigenvalue weighted by molar-refractivity contribution is 5.75. The first-order valence-corrected chi connectivity index (χ1v) is 10.4. The molecule has 2 aromatic carbocycles. The molecule has 148 valence electrons. The van der Waals surface area contributed by atoms with Crippen LogP contribution >= 0.6 is 0 Å². The number of fused-ring (bicyclic) bond motifs is 3. The van der Waals surface area contributed by atoms with E-state index in [-0.39, 0.29) is 5.91 Å². The summed E-state index contributed by atoms with van der Waals surface area (Å²) in [5.41, 5.74) is 4.77. The molecule has 0 saturated heterocycles. The smallest absolute Gasteiger partial charge is 0.220 e. The molecule has 1 amide bonds. The van der Waals surface area contributed by atoms with Crippen LogP contribution in [-0.2, 0) is 17.6 Å². The number of nitrogens with one attached hydrogen (secondary N) is 1. The molecule has 2 aromatic rings. The number of hydrogen-bond acceptors (Lipinski definition) is 3. The molecule has 2 aliphatic rings. The van der Waals surface area contributed by atoms with E-state index in [0.29, 0.717) is 42.1 Å². The standard InChI is InChI=1S/C24H29NO3/c1-25-24(28)11-8-16-12-17-13-21(15-6-9-18(26)10-7-15)19-4-2-3-5-20(19)22(17)14-23(16)27/h6-7,9-10,12,14,19-21,26-27H,2-5,8,11,13H2,1H3,(H,25,28). The second-order valence-corrected chi connectivity index (χ2v) is 8.31. The lowest BCUT2D eigenvalue weighted by Crippen LogP contribution is -2.31. The summed E-state index contributed by atoms with van der Waals surface area (Å²) in [5, 5.41) is 22.9. The Balaban J connectivity index is 1.68. The summed E-state index contributed by atoms with van der Waals surface area (Å²) in [5.74, 6) is 2.13. The maximum Gasteiger partial charge on any atom is 0.220 e. The van der Waals surface area contributed by atoms with E-state index in [1.54, 1.807) is 19.2 Å². The van der Waals surface area contributed by atoms with Gasteiger partial charge in [0.15, 0.2) is 0 Å². The average molecular weight is 380 g/mol. The molecule has 0 spiro atoms. The topological polar surface area (TPSA) is 69.6 Å². The molecule has 0 bridgehead atoms. The molecule has 28 heavy (non-hydrogen) atoms. The predicted molar refractivity (Wildman–Crippen MR) is 110 cm³/mol. The summed E-state index contributed by atoms with van der Waals surface area (Å²) < 4.78 is 0. The van der Waals surface area contributed by atoms with Crippen LogP contribution in [0.25, 0.3) is 0 Å². The van der Waals surface area contributed by atoms with E-state index in [9.17, 15) is 15.0 Å². The Labute approximate surface area is 166 Å². The van der Waals surface area contributed by atoms with Gasteiger partial charge in [0.1, 0.15) is 11.5 Å². The molecule has 1 saturated carbocycles. The fourth-order valence-corrected chi connectivity index (χ4v) is 5.30. The first-order chi connectivity index (χ1) is 13.6. The van der Waals surface area contributed by atoms with Crippen LogP contribution in [0.3, 0.4) is 0 Å². The third-order valence-electron chi connectivity index (χ3n) is 6.74. The van der Waals surface area contributed by atoms with Crippen LogP contribution in [0.4, 0.5) is 0 Å². The van der Waals surface area contributed by atoms with Crippen molar-refractivity contribution in [1.82, 2.24) is 5.32 Å². The Morgan fingerprint density at radius 1 is 1.07 bits per heavy atom. The van der Waals surface area contributed by atoms with E-state index in [0.717, 1.165) is 12.0 Å². The summed E-state index contributed by atoms with van der Waals surface area (Å²) in [7, 11) is 1.64. The van der Waals surface area contributed by atoms with Crippen molar-refractivity contribution in [2.24, 2.45) is 5.92 Å². The number of benzene rings is 2. The van der Waals surface area contributed by atoms with Gasteiger partial charge in [-0.25, -0.2) is 0 Å². The maximum atomic E-state index is 11.6. The van der Waals surface area contributed by atoms with Gasteiger partial charge in [-0.1, -0.05) is 31.0 Å². The van der Waals surface area contributed by atoms with Crippen LogP contribution in [0, 0.1) is 5.92 Å². The van der Waals surface area contributed by atoms with Crippen molar-refractivity contribution >= 4 is 5.91 Å². The Morgan fingerprint density at radius 3 is 2.57 bits per heavy atom. The Bertz CT molecular complexity index is 859. The minimum Gasteiger partial charge on any atom is -0.508 e. The number of aromatic hydroxyl groups is 2. The zero-order valence-corrected chi connectivity index (χ0v) is 16.4. The second kappa shape index (κ2) is 7.86. The average Bonchev–Trinajstić information content (AvgIpc) is 2.72. The molecule has 3 unspecified atom stereocenters. The monoisotopic (exact) mass is 379 g/mol. The fraction of sp³-hybridized carbons (Fsp3) is 0.458. The lowest BCUT2D eigenvalue weighted by atomic mass is 9.61. The molecule has 0 aliphatic heterocycles. The quantitative estimate of drug-likeness (QED) is 0.738. The number of amides is 1. The summed E-state index contributed by atoms with van der Waals surface area (Å²) in [6.45, 7) is 0. The van der Waals surface area contributed by atoms with Gasteiger partial charge in [-0.3, -0.25) is 4.79 Å². The second-order valence-electron chi connectivity index (χ2n) is 8.31. The number of carbonyl (C=O) groups excluding carboxylic acids is 1. The molecular formula is C24H29NO3. The maximum absolute atomic E-state index is 11.6. The Morgan fingerprint density at radius 2 is 1.82 bits per heavy atom. The van der Waals surface area contributed by atoms with Crippen molar-refractivity contribution in [1.29, 1.82) is 0 Å². The van der Waals surface area contributed by atoms with Crippen LogP contribution in [0.15, 0.2) is 36.4 Å². The Hall–Kier alpha value is -2.49. The third kappa shape index (κ3) is 3.60. The highest BCUT2D eigenvalue weighted by atomic mass is 16.3. The number of hydrogen-bond donors (Lipinski definition) is 3. The number of aryl methyl sites for hydroxylation is 1. The van der Waals surface area contributed by atoms with Gasteiger partial charge in [-0.15, -0.1) is 0 Å². The number of phenols is 2. The molecule has 0 radical (unpaired) electrons. The van der Waals surface area contributed by atoms with Gasteiger partial charge in [0.05, 0.1) is 0 Å². The van der Waals surface area contributed by atoms with Crippen LogP contribution in [0.2, 0.25) is 0 Å². The molecule has 2 aliphatic carbocycles. The van der Waals surface area contributed by atoms with Crippen LogP contribution in [0.1, 0.15) is 66.2 Å². The van der Waals surface area contributed by atoms with Crippen molar-refractivity contribution in [3.05, 3.63) is 58.7 Å². The molecule has 0 aromatic heterocycles. The van der Waals surface area contributed by atoms with E-state index < -0.39 is 0 Å². The van der Waals surface area contributed by atoms with E-state index in [1.807, 2.05) is 6.07 Å². The van der Waals surface area contributed by atoms with Gasteiger partial charge >= 0.3 is 0 Å². The normalized spacial score (nSPS) is 23.5. The van der Waals surface area contributed by atoms with Gasteiger partial charge in [-0.2, -0.15) is 0 Å². The van der Waals surface area contributed by atoms with Gasteiger partial charge in [0, 0.05) is 13.5 Å². The molecule has 4 nitrogen and oxygen atoms in total. The van der Waals surface area contributed by atoms with Crippen molar-refractivity contribution in [2.45, 2.75) is 56.8 Å². The summed E-state index contributed by atoms with van der Waals surface area (Å²) in [6, 6.07) is 11.8. The zero-order valence-electron chi connectivity index (χ0n) is 16.4. The van der Waals surface area contributed by atoms with E-state index in [4.69, 9.17) is 0 Å². The number of carbonyl (C=O) groups is 1. The molecule has 4 heteroatoms. The van der Waals surface area contributed by atoms with Crippen molar-refractivity contribution in [3.8, 4) is 11.5 Å². The molecule has 1 fully saturated rings. The SMILES string of the molecule is CNC(=O)CCc1cc2c(cc1O)C1CCCCC1C(c1ccc(O)cc1)C2. The zero-order chi connectivity index (χ0) is 19.7. The Kier molecular flexibility index (Phi) is 5.29. The van der Waals surface area contributed by atoms with E-state index in [2.05, 4.69) is 23.5 Å². The van der Waals surface area contributed by atoms with Gasteiger partial charge in [-0.05, 0) is 83.9 Å². The number of phenolic OH excluding ortho intramolecular Hbond substituents is 2. The summed E-state index contributed by atoms with van der Waals surface area (Å²) >= 11 is 0. The van der Waals surface area contributed by atoms with Crippen molar-refractivity contribution in [2.75, 3.05) is 7.05 Å². The molecule has 3 atom stereocenters. The molecular weight excluding hydrogens is 350 g/mol. The highest BCUT2D eigenvalue weighted by Gasteiger charge is 2.39. The van der Waals surface area contributed by atoms with Gasteiger partial charge < -0.3 is 15.5 Å². The van der Waals surface area contributed by atoms with Crippen LogP contribution in [0.5, 0.6) is 11.5 Å². The predicted octanol–water partition coefficient (Wildman–Crippen LogP) is 4.39. The van der Waals surface area contributed by atoms with Gasteiger partial charge in [0.2, 0.25) is 5.91 Å². The molecule has 4 rings (SSSR count). The molecule has 3 N–H and O–H groups in total. The minimum atomic E-state index is -0.00793. The lowest BCUT2D eigenvalue weighted by Gasteiger charge is -2.43. The minimum absolute atomic E-state index is 0.00793. The first-order valence-electron chi connectivity index (χ1n) is 10.4. The largest absolute Gasteiger partial charge is 0.508 e. The van der Waals surface area contributed by atoms with Crippen LogP contribution in [-0.4, -0.2) is 23.2 Å². The summed E-state index contributed by atoms with van der Waals surface area (Å²) in [6.07, 6.45) is 6.78. The van der Waals surface area contributed by atoms with E-state index >= 15 is 0 Å². The van der Waals surface area contributed by atoms with Crippen molar-refractivity contribution < 1.29 is 15.0 Å². The summed E-state index contributed by atoms with van der Waals surface area (Å²) in [4.78, 5) is 11.6. The molecule has 0 heterocycles. The third-order valence-corrected chi connectivity index (χ3v) is 6.74. The first kappa shape index (κ1) is 18.9. The fourth-order valence-electron chi connectivity index (χ4n) is 5.30. The van der Waals surface area contributed by atoms with Gasteiger partial charge in [0.25, 0.3) is 0 Å². The van der Waals surface area contributed by atoms with Crippen LogP contribution < -0.4 is 5.32 Å². The van der Waals surface area contributed by atoms with Crippen molar-refractivity contribution in [3.63, 3.8) is 0 Å². The van der Waals surface area contributed by atoms with E-state index in [1.165, 1.54) is 42.4 Å². The number of rotatable bonds is 4.